The third-order valence-electron chi connectivity index (χ3n) is 6.96. The molecule has 2 aromatic heterocycles. The number of rotatable bonds is 11. The molecule has 1 aliphatic rings. The Labute approximate surface area is 250 Å². The zero-order chi connectivity index (χ0) is 29.5. The van der Waals surface area contributed by atoms with Gasteiger partial charge >= 0.3 is 0 Å². The van der Waals surface area contributed by atoms with Crippen LogP contribution in [0.1, 0.15) is 61.4 Å². The summed E-state index contributed by atoms with van der Waals surface area (Å²) < 4.78 is 1.36. The molecule has 12 nitrogen and oxygen atoms in total. The molecule has 1 saturated heterocycles. The number of ketones is 1. The van der Waals surface area contributed by atoms with Gasteiger partial charge < -0.3 is 15.5 Å². The van der Waals surface area contributed by atoms with Crippen LogP contribution < -0.4 is 10.6 Å². The molecule has 3 heterocycles. The van der Waals surface area contributed by atoms with Gasteiger partial charge in [0.05, 0.1) is 11.6 Å². The van der Waals surface area contributed by atoms with Crippen molar-refractivity contribution in [2.24, 2.45) is 0 Å². The molecule has 3 amide bonds. The van der Waals surface area contributed by atoms with Crippen molar-refractivity contribution in [3.8, 4) is 0 Å². The van der Waals surface area contributed by atoms with Crippen LogP contribution in [-0.4, -0.2) is 78.3 Å². The summed E-state index contributed by atoms with van der Waals surface area (Å²) in [4.78, 5) is 57.7. The number of likely N-dealkylation sites (tertiary alicyclic amines) is 1. The second-order valence-corrected chi connectivity index (χ2v) is 11.2. The summed E-state index contributed by atoms with van der Waals surface area (Å²) in [5.74, 6) is -1.15. The number of benzene rings is 1. The molecule has 41 heavy (non-hydrogen) atoms. The fourth-order valence-electron chi connectivity index (χ4n) is 4.57. The number of aromatic nitrogens is 5. The quantitative estimate of drug-likeness (QED) is 0.332. The summed E-state index contributed by atoms with van der Waals surface area (Å²) in [5, 5.41) is 19.7. The van der Waals surface area contributed by atoms with Crippen molar-refractivity contribution in [1.29, 1.82) is 0 Å². The van der Waals surface area contributed by atoms with E-state index in [9.17, 15) is 19.2 Å². The molecule has 0 spiro atoms. The SMILES string of the molecule is CCC(NC(=O)C(C)N1CCCCC(NC(=O)c2cscn2)C1=O)C(=O)Cn1nnnc1Cc1c(Cl)cccc1Cl. The van der Waals surface area contributed by atoms with Crippen LogP contribution in [-0.2, 0) is 27.3 Å². The highest BCUT2D eigenvalue weighted by Crippen LogP contribution is 2.26. The van der Waals surface area contributed by atoms with Gasteiger partial charge in [-0.15, -0.1) is 16.4 Å². The number of carbonyl (C=O) groups excluding carboxylic acids is 4. The fraction of sp³-hybridized carbons (Fsp3) is 0.462. The highest BCUT2D eigenvalue weighted by Gasteiger charge is 2.35. The van der Waals surface area contributed by atoms with Crippen molar-refractivity contribution in [2.75, 3.05) is 6.54 Å². The molecule has 1 aliphatic heterocycles. The molecule has 218 valence electrons. The summed E-state index contributed by atoms with van der Waals surface area (Å²) in [6.45, 7) is 3.57. The van der Waals surface area contributed by atoms with E-state index in [1.165, 1.54) is 20.9 Å². The monoisotopic (exact) mass is 620 g/mol. The average molecular weight is 622 g/mol. The van der Waals surface area contributed by atoms with E-state index in [0.29, 0.717) is 53.7 Å². The first-order valence-electron chi connectivity index (χ1n) is 13.2. The number of carbonyl (C=O) groups is 4. The number of tetrazole rings is 1. The second kappa shape index (κ2) is 14.0. The van der Waals surface area contributed by atoms with E-state index in [-0.39, 0.29) is 30.3 Å². The molecule has 4 rings (SSSR count). The minimum absolute atomic E-state index is 0.176. The van der Waals surface area contributed by atoms with Crippen LogP contribution in [0.3, 0.4) is 0 Å². The molecule has 3 atom stereocenters. The molecule has 1 aromatic carbocycles. The van der Waals surface area contributed by atoms with E-state index in [4.69, 9.17) is 23.2 Å². The highest BCUT2D eigenvalue weighted by atomic mass is 35.5. The van der Waals surface area contributed by atoms with Crippen molar-refractivity contribution in [3.05, 3.63) is 56.2 Å². The Morgan fingerprint density at radius 1 is 1.20 bits per heavy atom. The largest absolute Gasteiger partial charge is 0.344 e. The van der Waals surface area contributed by atoms with Crippen LogP contribution in [0, 0.1) is 0 Å². The van der Waals surface area contributed by atoms with Gasteiger partial charge in [0.1, 0.15) is 24.3 Å². The summed E-state index contributed by atoms with van der Waals surface area (Å²) in [5.41, 5.74) is 2.42. The van der Waals surface area contributed by atoms with E-state index < -0.39 is 29.9 Å². The molecule has 0 bridgehead atoms. The Hall–Kier alpha value is -3.42. The van der Waals surface area contributed by atoms with Gasteiger partial charge in [-0.05, 0) is 60.7 Å². The van der Waals surface area contributed by atoms with Crippen molar-refractivity contribution >= 4 is 58.0 Å². The summed E-state index contributed by atoms with van der Waals surface area (Å²) in [6.07, 6.45) is 2.40. The summed E-state index contributed by atoms with van der Waals surface area (Å²) in [7, 11) is 0. The normalized spacial score (nSPS) is 17.0. The van der Waals surface area contributed by atoms with Crippen LogP contribution in [0.2, 0.25) is 10.0 Å². The minimum Gasteiger partial charge on any atom is -0.344 e. The number of Topliss-reactive ketones (excluding diaryl/α,β-unsaturated/α-hetero) is 1. The molecule has 1 fully saturated rings. The van der Waals surface area contributed by atoms with Gasteiger partial charge in [-0.25, -0.2) is 9.67 Å². The Morgan fingerprint density at radius 2 is 1.95 bits per heavy atom. The van der Waals surface area contributed by atoms with Crippen molar-refractivity contribution in [3.63, 3.8) is 0 Å². The van der Waals surface area contributed by atoms with E-state index in [1.807, 2.05) is 0 Å². The lowest BCUT2D eigenvalue weighted by atomic mass is 10.1. The van der Waals surface area contributed by atoms with E-state index in [0.717, 1.165) is 0 Å². The van der Waals surface area contributed by atoms with Gasteiger partial charge in [0.2, 0.25) is 11.8 Å². The number of thiazole rings is 1. The highest BCUT2D eigenvalue weighted by molar-refractivity contribution is 7.07. The lowest BCUT2D eigenvalue weighted by molar-refractivity contribution is -0.141. The number of hydrogen-bond acceptors (Lipinski definition) is 9. The molecule has 3 aromatic rings. The Bertz CT molecular complexity index is 1380. The van der Waals surface area contributed by atoms with Crippen LogP contribution in [0.15, 0.2) is 29.1 Å². The van der Waals surface area contributed by atoms with Crippen molar-refractivity contribution in [1.82, 2.24) is 40.7 Å². The van der Waals surface area contributed by atoms with Gasteiger partial charge in [0.15, 0.2) is 11.6 Å². The second-order valence-electron chi connectivity index (χ2n) is 9.67. The number of nitrogens with zero attached hydrogens (tertiary/aromatic N) is 6. The molecule has 3 unspecified atom stereocenters. The lowest BCUT2D eigenvalue weighted by Crippen LogP contribution is -2.56. The Kier molecular flexibility index (Phi) is 10.4. The number of nitrogens with one attached hydrogen (secondary N) is 2. The van der Waals surface area contributed by atoms with Gasteiger partial charge in [-0.2, -0.15) is 0 Å². The fourth-order valence-corrected chi connectivity index (χ4v) is 5.64. The van der Waals surface area contributed by atoms with Gasteiger partial charge in [-0.3, -0.25) is 19.2 Å². The maximum absolute atomic E-state index is 13.3. The Balaban J connectivity index is 1.39. The average Bonchev–Trinajstić information content (AvgIpc) is 3.61. The number of halogens is 2. The number of amides is 3. The third-order valence-corrected chi connectivity index (χ3v) is 8.26. The van der Waals surface area contributed by atoms with Crippen LogP contribution in [0.25, 0.3) is 0 Å². The molecule has 2 N–H and O–H groups in total. The Morgan fingerprint density at radius 3 is 2.63 bits per heavy atom. The molecular weight excluding hydrogens is 591 g/mol. The topological polar surface area (TPSA) is 152 Å². The predicted octanol–water partition coefficient (Wildman–Crippen LogP) is 2.69. The zero-order valence-electron chi connectivity index (χ0n) is 22.5. The van der Waals surface area contributed by atoms with Crippen LogP contribution >= 0.6 is 34.5 Å². The third kappa shape index (κ3) is 7.46. The maximum atomic E-state index is 13.3. The van der Waals surface area contributed by atoms with Crippen molar-refractivity contribution in [2.45, 2.75) is 70.6 Å². The molecule has 0 aliphatic carbocycles. The summed E-state index contributed by atoms with van der Waals surface area (Å²) in [6, 6.07) is 2.69. The first-order chi connectivity index (χ1) is 19.7. The van der Waals surface area contributed by atoms with Gasteiger partial charge in [-0.1, -0.05) is 36.2 Å². The van der Waals surface area contributed by atoms with E-state index in [1.54, 1.807) is 42.9 Å². The standard InChI is InChI=1S/C26H30Cl2N8O4S/c1-3-19(22(37)12-36-23(32-33-34-36)11-16-17(27)7-6-8-18(16)28)30-24(38)15(2)35-10-5-4-9-20(26(35)40)31-25(39)21-13-41-14-29-21/h6-8,13-15,19-20H,3-5,9-12H2,1-2H3,(H,30,38)(H,31,39). The molecule has 0 radical (unpaired) electrons. The van der Waals surface area contributed by atoms with Gasteiger partial charge in [0, 0.05) is 28.4 Å². The van der Waals surface area contributed by atoms with Crippen molar-refractivity contribution < 1.29 is 19.2 Å². The van der Waals surface area contributed by atoms with Crippen LogP contribution in [0.5, 0.6) is 0 Å². The molecule has 0 saturated carbocycles. The first kappa shape index (κ1) is 30.5. The summed E-state index contributed by atoms with van der Waals surface area (Å²) >= 11 is 13.8. The van der Waals surface area contributed by atoms with E-state index >= 15 is 0 Å². The first-order valence-corrected chi connectivity index (χ1v) is 14.9. The minimum atomic E-state index is -0.855. The number of hydrogen-bond donors (Lipinski definition) is 2. The smallest absolute Gasteiger partial charge is 0.271 e. The van der Waals surface area contributed by atoms with Gasteiger partial charge in [0.25, 0.3) is 5.91 Å². The zero-order valence-corrected chi connectivity index (χ0v) is 24.9. The molecule has 15 heteroatoms. The maximum Gasteiger partial charge on any atom is 0.271 e. The molecular formula is C26H30Cl2N8O4S. The van der Waals surface area contributed by atoms with E-state index in [2.05, 4.69) is 31.1 Å². The lowest BCUT2D eigenvalue weighted by Gasteiger charge is -2.30. The predicted molar refractivity (Wildman–Crippen MR) is 153 cm³/mol. The van der Waals surface area contributed by atoms with Crippen LogP contribution in [0.4, 0.5) is 0 Å².